The third kappa shape index (κ3) is 4.21. The Hall–Kier alpha value is -0.130. The number of sulfonamides is 1. The molecular weight excluding hydrogens is 248 g/mol. The van der Waals surface area contributed by atoms with Crippen molar-refractivity contribution >= 4 is 10.0 Å². The van der Waals surface area contributed by atoms with Crippen LogP contribution in [0.25, 0.3) is 0 Å². The molecule has 0 amide bonds. The summed E-state index contributed by atoms with van der Waals surface area (Å²) in [4.78, 5) is 0. The molecule has 0 bridgehead atoms. The predicted molar refractivity (Wildman–Crippen MR) is 76.1 cm³/mol. The summed E-state index contributed by atoms with van der Waals surface area (Å²) in [5, 5.41) is 2.80. The van der Waals surface area contributed by atoms with Crippen molar-refractivity contribution in [3.8, 4) is 0 Å². The first-order valence-corrected chi connectivity index (χ1v) is 8.72. The molecule has 1 N–H and O–H groups in total. The summed E-state index contributed by atoms with van der Waals surface area (Å²) >= 11 is 0. The number of hydrogen-bond donors (Lipinski definition) is 1. The first-order chi connectivity index (χ1) is 8.52. The Morgan fingerprint density at radius 3 is 2.39 bits per heavy atom. The molecule has 1 aliphatic heterocycles. The fraction of sp³-hybridized carbons (Fsp3) is 1.00. The molecule has 0 aliphatic carbocycles. The van der Waals surface area contributed by atoms with Crippen LogP contribution < -0.4 is 5.32 Å². The minimum Gasteiger partial charge on any atom is -0.316 e. The molecule has 1 aliphatic rings. The molecule has 1 unspecified atom stereocenters. The molecule has 0 spiro atoms. The van der Waals surface area contributed by atoms with Gasteiger partial charge >= 0.3 is 0 Å². The van der Waals surface area contributed by atoms with Gasteiger partial charge in [0.25, 0.3) is 0 Å². The zero-order valence-electron chi connectivity index (χ0n) is 12.0. The van der Waals surface area contributed by atoms with Gasteiger partial charge in [0, 0.05) is 19.6 Å². The van der Waals surface area contributed by atoms with Gasteiger partial charge in [-0.15, -0.1) is 0 Å². The maximum Gasteiger partial charge on any atom is 0.217 e. The van der Waals surface area contributed by atoms with E-state index in [0.717, 1.165) is 25.3 Å². The van der Waals surface area contributed by atoms with Crippen molar-refractivity contribution in [3.63, 3.8) is 0 Å². The first-order valence-electron chi connectivity index (χ1n) is 7.22. The number of nitrogens with zero attached hydrogens (tertiary/aromatic N) is 1. The quantitative estimate of drug-likeness (QED) is 0.772. The maximum atomic E-state index is 12.3. The highest BCUT2D eigenvalue weighted by Gasteiger charge is 2.31. The minimum absolute atomic E-state index is 0.319. The lowest BCUT2D eigenvalue weighted by molar-refractivity contribution is 0.260. The van der Waals surface area contributed by atoms with E-state index in [0.29, 0.717) is 19.6 Å². The van der Waals surface area contributed by atoms with Crippen molar-refractivity contribution < 1.29 is 8.42 Å². The second-order valence-electron chi connectivity index (χ2n) is 5.29. The van der Waals surface area contributed by atoms with Crippen LogP contribution in [0.2, 0.25) is 0 Å². The molecule has 108 valence electrons. The van der Waals surface area contributed by atoms with Crippen molar-refractivity contribution in [2.24, 2.45) is 5.92 Å². The maximum absolute atomic E-state index is 12.3. The normalized spacial score (nSPS) is 21.1. The van der Waals surface area contributed by atoms with Crippen molar-refractivity contribution in [3.05, 3.63) is 0 Å². The van der Waals surface area contributed by atoms with Crippen LogP contribution in [-0.2, 0) is 10.0 Å². The van der Waals surface area contributed by atoms with Gasteiger partial charge in [0.2, 0.25) is 10.0 Å². The molecule has 0 aromatic rings. The standard InChI is InChI=1S/C13H28N2O2S/c1-4-6-13-7-9-15(10-8-13)18(16,17)12(3)11-14-5-2/h12-14H,4-11H2,1-3H3. The van der Waals surface area contributed by atoms with Gasteiger partial charge < -0.3 is 5.32 Å². The second-order valence-corrected chi connectivity index (χ2v) is 7.65. The Balaban J connectivity index is 2.49. The van der Waals surface area contributed by atoms with Crippen LogP contribution in [0.3, 0.4) is 0 Å². The van der Waals surface area contributed by atoms with Gasteiger partial charge in [0.15, 0.2) is 0 Å². The smallest absolute Gasteiger partial charge is 0.217 e. The van der Waals surface area contributed by atoms with Crippen LogP contribution in [0.1, 0.15) is 46.5 Å². The highest BCUT2D eigenvalue weighted by Crippen LogP contribution is 2.24. The fourth-order valence-electron chi connectivity index (χ4n) is 2.57. The van der Waals surface area contributed by atoms with E-state index in [2.05, 4.69) is 12.2 Å². The highest BCUT2D eigenvalue weighted by molar-refractivity contribution is 7.89. The Labute approximate surface area is 112 Å². The molecule has 1 rings (SSSR count). The van der Waals surface area contributed by atoms with Crippen LogP contribution >= 0.6 is 0 Å². The molecule has 1 heterocycles. The monoisotopic (exact) mass is 276 g/mol. The summed E-state index contributed by atoms with van der Waals surface area (Å²) in [6, 6.07) is 0. The van der Waals surface area contributed by atoms with E-state index in [-0.39, 0.29) is 5.25 Å². The highest BCUT2D eigenvalue weighted by atomic mass is 32.2. The number of hydrogen-bond acceptors (Lipinski definition) is 3. The Morgan fingerprint density at radius 2 is 1.89 bits per heavy atom. The van der Waals surface area contributed by atoms with Crippen LogP contribution in [0.15, 0.2) is 0 Å². The van der Waals surface area contributed by atoms with E-state index in [4.69, 9.17) is 0 Å². The van der Waals surface area contributed by atoms with Crippen molar-refractivity contribution in [1.29, 1.82) is 0 Å². The van der Waals surface area contributed by atoms with Gasteiger partial charge in [0.05, 0.1) is 5.25 Å². The Morgan fingerprint density at radius 1 is 1.28 bits per heavy atom. The number of rotatable bonds is 7. The molecule has 4 nitrogen and oxygen atoms in total. The van der Waals surface area contributed by atoms with Crippen molar-refractivity contribution in [2.75, 3.05) is 26.2 Å². The molecule has 0 aromatic carbocycles. The third-order valence-electron chi connectivity index (χ3n) is 3.82. The number of nitrogens with one attached hydrogen (secondary N) is 1. The molecule has 18 heavy (non-hydrogen) atoms. The van der Waals surface area contributed by atoms with Gasteiger partial charge in [-0.1, -0.05) is 26.7 Å². The molecule has 0 saturated carbocycles. The lowest BCUT2D eigenvalue weighted by Crippen LogP contribution is -2.45. The minimum atomic E-state index is -3.10. The summed E-state index contributed by atoms with van der Waals surface area (Å²) < 4.78 is 26.4. The van der Waals surface area contributed by atoms with Gasteiger partial charge in [-0.2, -0.15) is 0 Å². The molecule has 5 heteroatoms. The lowest BCUT2D eigenvalue weighted by Gasteiger charge is -2.33. The lowest BCUT2D eigenvalue weighted by atomic mass is 9.94. The van der Waals surface area contributed by atoms with Gasteiger partial charge in [-0.3, -0.25) is 0 Å². The van der Waals surface area contributed by atoms with Gasteiger partial charge in [-0.05, 0) is 32.2 Å². The van der Waals surface area contributed by atoms with Crippen LogP contribution in [0.5, 0.6) is 0 Å². The summed E-state index contributed by atoms with van der Waals surface area (Å²) in [7, 11) is -3.10. The van der Waals surface area contributed by atoms with Crippen LogP contribution in [-0.4, -0.2) is 44.2 Å². The first kappa shape index (κ1) is 15.9. The van der Waals surface area contributed by atoms with E-state index in [1.54, 1.807) is 11.2 Å². The zero-order chi connectivity index (χ0) is 13.6. The van der Waals surface area contributed by atoms with Crippen molar-refractivity contribution in [1.82, 2.24) is 9.62 Å². The average molecular weight is 276 g/mol. The topological polar surface area (TPSA) is 49.4 Å². The van der Waals surface area contributed by atoms with E-state index < -0.39 is 10.0 Å². The summed E-state index contributed by atoms with van der Waals surface area (Å²) in [5.41, 5.74) is 0. The van der Waals surface area contributed by atoms with E-state index in [1.807, 2.05) is 6.92 Å². The SMILES string of the molecule is CCCC1CCN(S(=O)(=O)C(C)CNCC)CC1. The summed E-state index contributed by atoms with van der Waals surface area (Å²) in [6.45, 7) is 8.78. The van der Waals surface area contributed by atoms with Crippen molar-refractivity contribution in [2.45, 2.75) is 51.7 Å². The van der Waals surface area contributed by atoms with Gasteiger partial charge in [-0.25, -0.2) is 12.7 Å². The number of piperidine rings is 1. The second kappa shape index (κ2) is 7.46. The Bertz CT molecular complexity index is 322. The summed E-state index contributed by atoms with van der Waals surface area (Å²) in [5.74, 6) is 0.727. The van der Waals surface area contributed by atoms with E-state index >= 15 is 0 Å². The molecule has 1 saturated heterocycles. The van der Waals surface area contributed by atoms with E-state index in [9.17, 15) is 8.42 Å². The van der Waals surface area contributed by atoms with E-state index in [1.165, 1.54) is 12.8 Å². The Kier molecular flexibility index (Phi) is 6.60. The molecule has 0 aromatic heterocycles. The molecule has 0 radical (unpaired) electrons. The molecule has 1 fully saturated rings. The molecular formula is C13H28N2O2S. The van der Waals surface area contributed by atoms with Gasteiger partial charge in [0.1, 0.15) is 0 Å². The zero-order valence-corrected chi connectivity index (χ0v) is 12.8. The summed E-state index contributed by atoms with van der Waals surface area (Å²) in [6.07, 6.45) is 4.50. The average Bonchev–Trinajstić information content (AvgIpc) is 2.37. The molecule has 1 atom stereocenters. The predicted octanol–water partition coefficient (Wildman–Crippen LogP) is 1.83. The van der Waals surface area contributed by atoms with Crippen LogP contribution in [0, 0.1) is 5.92 Å². The largest absolute Gasteiger partial charge is 0.316 e. The fourth-order valence-corrected chi connectivity index (χ4v) is 4.13. The third-order valence-corrected chi connectivity index (χ3v) is 6.09. The van der Waals surface area contributed by atoms with Crippen LogP contribution in [0.4, 0.5) is 0 Å².